The number of carbonyl (C=O) groups excluding carboxylic acids is 2. The number of carbonyl (C=O) groups is 2. The predicted molar refractivity (Wildman–Crippen MR) is 217 cm³/mol. The summed E-state index contributed by atoms with van der Waals surface area (Å²) in [5, 5.41) is 20.0. The molecular formula is C46H58N6O2. The molecule has 0 saturated heterocycles. The third kappa shape index (κ3) is 9.45. The quantitative estimate of drug-likeness (QED) is 0.0956. The van der Waals surface area contributed by atoms with Crippen LogP contribution in [0.5, 0.6) is 0 Å². The third-order valence-electron chi connectivity index (χ3n) is 11.1. The summed E-state index contributed by atoms with van der Waals surface area (Å²) in [4.78, 5) is 43.6. The van der Waals surface area contributed by atoms with Crippen molar-refractivity contribution in [2.24, 2.45) is 11.8 Å². The Labute approximate surface area is 322 Å². The molecule has 0 radical (unpaired) electrons. The van der Waals surface area contributed by atoms with Crippen LogP contribution >= 0.6 is 0 Å². The van der Waals surface area contributed by atoms with E-state index in [4.69, 9.17) is 9.97 Å². The lowest BCUT2D eigenvalue weighted by Crippen LogP contribution is -2.37. The molecule has 0 aliphatic carbocycles. The molecule has 8 heteroatoms. The van der Waals surface area contributed by atoms with Gasteiger partial charge < -0.3 is 0 Å². The summed E-state index contributed by atoms with van der Waals surface area (Å²) < 4.78 is 0. The average molecular weight is 727 g/mol. The van der Waals surface area contributed by atoms with Crippen molar-refractivity contribution in [3.8, 4) is 12.1 Å². The smallest absolute Gasteiger partial charge is 0.262 e. The number of rotatable bonds is 22. The van der Waals surface area contributed by atoms with Crippen LogP contribution in [0.25, 0.3) is 11.1 Å². The lowest BCUT2D eigenvalue weighted by Gasteiger charge is -2.25. The molecule has 0 N–H and O–H groups in total. The molecule has 2 atom stereocenters. The van der Waals surface area contributed by atoms with Crippen molar-refractivity contribution in [2.45, 2.75) is 130 Å². The van der Waals surface area contributed by atoms with Crippen molar-refractivity contribution in [1.29, 1.82) is 10.5 Å². The minimum Gasteiger partial charge on any atom is -0.290 e. The molecule has 2 aromatic carbocycles. The largest absolute Gasteiger partial charge is 0.290 e. The fourth-order valence-electron chi connectivity index (χ4n) is 7.95. The minimum absolute atomic E-state index is 0.136. The second-order valence-electron chi connectivity index (χ2n) is 15.2. The van der Waals surface area contributed by atoms with Gasteiger partial charge in [0.1, 0.15) is 10.7 Å². The maximum absolute atomic E-state index is 14.7. The molecule has 2 amide bonds. The number of amides is 2. The molecule has 3 aromatic rings. The van der Waals surface area contributed by atoms with E-state index in [1.807, 2.05) is 34.1 Å². The summed E-state index contributed by atoms with van der Waals surface area (Å²) in [5.74, 6) is 1.33. The molecule has 2 aliphatic rings. The number of fused-ring (bicyclic) bond motifs is 2. The first-order valence-electron chi connectivity index (χ1n) is 20.7. The van der Waals surface area contributed by atoms with E-state index in [0.29, 0.717) is 80.7 Å². The Bertz CT molecular complexity index is 1810. The molecule has 8 nitrogen and oxygen atoms in total. The van der Waals surface area contributed by atoms with Gasteiger partial charge in [0.25, 0.3) is 11.8 Å². The average Bonchev–Trinajstić information content (AvgIpc) is 3.62. The van der Waals surface area contributed by atoms with E-state index in [1.54, 1.807) is 24.3 Å². The van der Waals surface area contributed by atoms with Crippen LogP contribution in [0, 0.1) is 34.5 Å². The lowest BCUT2D eigenvalue weighted by molar-refractivity contribution is -0.114. The molecule has 3 heterocycles. The maximum Gasteiger partial charge on any atom is 0.262 e. The van der Waals surface area contributed by atoms with Gasteiger partial charge in [-0.15, -0.1) is 0 Å². The highest BCUT2D eigenvalue weighted by Crippen LogP contribution is 2.31. The van der Waals surface area contributed by atoms with Crippen molar-refractivity contribution in [3.05, 3.63) is 81.5 Å². The number of hydrogen-bond acceptors (Lipinski definition) is 6. The van der Waals surface area contributed by atoms with E-state index in [-0.39, 0.29) is 11.8 Å². The zero-order chi connectivity index (χ0) is 38.5. The Balaban J connectivity index is 1.68. The van der Waals surface area contributed by atoms with Gasteiger partial charge in [0.2, 0.25) is 0 Å². The van der Waals surface area contributed by atoms with Gasteiger partial charge in [-0.1, -0.05) is 129 Å². The first kappa shape index (κ1) is 40.4. The van der Waals surface area contributed by atoms with Gasteiger partial charge in [-0.05, 0) is 72.9 Å². The number of aromatic nitrogens is 2. The molecule has 0 bridgehead atoms. The molecule has 0 saturated carbocycles. The van der Waals surface area contributed by atoms with Crippen molar-refractivity contribution in [2.75, 3.05) is 22.9 Å². The Kier molecular flexibility index (Phi) is 15.0. The van der Waals surface area contributed by atoms with E-state index < -0.39 is 0 Å². The van der Waals surface area contributed by atoms with Crippen LogP contribution in [0.1, 0.15) is 153 Å². The summed E-state index contributed by atoms with van der Waals surface area (Å²) in [6, 6.07) is 18.6. The van der Waals surface area contributed by atoms with E-state index in [2.05, 4.69) is 39.8 Å². The van der Waals surface area contributed by atoms with Crippen molar-refractivity contribution < 1.29 is 9.59 Å². The molecule has 0 spiro atoms. The zero-order valence-corrected chi connectivity index (χ0v) is 33.0. The molecule has 1 aromatic heterocycles. The van der Waals surface area contributed by atoms with Crippen molar-refractivity contribution in [1.82, 2.24) is 9.97 Å². The molecular weight excluding hydrogens is 669 g/mol. The number of nitriles is 2. The third-order valence-corrected chi connectivity index (χ3v) is 11.1. The van der Waals surface area contributed by atoms with Gasteiger partial charge in [0, 0.05) is 13.1 Å². The summed E-state index contributed by atoms with van der Waals surface area (Å²) in [5.41, 5.74) is 3.34. The topological polar surface area (TPSA) is 114 Å². The first-order chi connectivity index (χ1) is 26.4. The van der Waals surface area contributed by atoms with Crippen LogP contribution in [-0.2, 0) is 9.59 Å². The Morgan fingerprint density at radius 1 is 0.519 bits per heavy atom. The molecule has 2 unspecified atom stereocenters. The summed E-state index contributed by atoms with van der Waals surface area (Å²) in [6.07, 6.45) is 17.8. The Hall–Kier alpha value is -4.82. The summed E-state index contributed by atoms with van der Waals surface area (Å²) >= 11 is 0. The van der Waals surface area contributed by atoms with Crippen LogP contribution in [0.3, 0.4) is 0 Å². The predicted octanol–water partition coefficient (Wildman–Crippen LogP) is 8.86. The van der Waals surface area contributed by atoms with Crippen LogP contribution in [0.2, 0.25) is 0 Å². The molecule has 5 rings (SSSR count). The summed E-state index contributed by atoms with van der Waals surface area (Å²) in [7, 11) is 0. The molecule has 284 valence electrons. The molecule has 54 heavy (non-hydrogen) atoms. The second-order valence-corrected chi connectivity index (χ2v) is 15.2. The van der Waals surface area contributed by atoms with E-state index in [9.17, 15) is 20.1 Å². The highest BCUT2D eigenvalue weighted by Gasteiger charge is 2.39. The monoisotopic (exact) mass is 726 g/mol. The second kappa shape index (κ2) is 20.0. The number of benzene rings is 2. The number of anilines is 2. The number of nitrogens with zero attached hydrogens (tertiary/aromatic N) is 6. The normalized spacial score (nSPS) is 14.6. The van der Waals surface area contributed by atoms with Crippen LogP contribution in [0.4, 0.5) is 11.6 Å². The van der Waals surface area contributed by atoms with E-state index in [0.717, 1.165) is 64.2 Å². The fourth-order valence-corrected chi connectivity index (χ4v) is 7.95. The highest BCUT2D eigenvalue weighted by molar-refractivity contribution is 6.30. The first-order valence-corrected chi connectivity index (χ1v) is 20.7. The van der Waals surface area contributed by atoms with E-state index >= 15 is 0 Å². The SMILES string of the molecule is CCCCCCC(CCCC)CN1C(=O)C(c2ccc(C#N)cc2)=c2nc3c(nc21)=C(c1ccc(C#N)cc1)C(=O)N3CC(CCCC)CCCCCC. The van der Waals surface area contributed by atoms with Gasteiger partial charge in [0.05, 0.1) is 34.4 Å². The van der Waals surface area contributed by atoms with Gasteiger partial charge in [0.15, 0.2) is 11.6 Å². The van der Waals surface area contributed by atoms with Crippen LogP contribution in [0.15, 0.2) is 48.5 Å². The maximum atomic E-state index is 14.7. The Morgan fingerprint density at radius 3 is 1.20 bits per heavy atom. The van der Waals surface area contributed by atoms with Gasteiger partial charge in [-0.25, -0.2) is 9.97 Å². The molecule has 0 fully saturated rings. The van der Waals surface area contributed by atoms with Gasteiger partial charge in [-0.2, -0.15) is 10.5 Å². The van der Waals surface area contributed by atoms with Crippen molar-refractivity contribution in [3.63, 3.8) is 0 Å². The number of unbranched alkanes of at least 4 members (excludes halogenated alkanes) is 8. The van der Waals surface area contributed by atoms with Crippen LogP contribution in [-0.4, -0.2) is 34.9 Å². The Morgan fingerprint density at radius 2 is 0.870 bits per heavy atom. The fraction of sp³-hybridized carbons (Fsp3) is 0.522. The van der Waals surface area contributed by atoms with Gasteiger partial charge in [-0.3, -0.25) is 19.4 Å². The van der Waals surface area contributed by atoms with E-state index in [1.165, 1.54) is 38.5 Å². The standard InChI is InChI=1S/C46H58N6O2/c1-5-9-13-15-19-35(17-11-7-3)31-51-43-41(39(45(51)53)37-25-21-33(29-47)22-26-37)50-44-42(49-43)40(38-27-23-34(30-48)24-28-38)46(54)52(44)32-36(18-12-8-4)20-16-14-10-6-2/h21-28,35-36H,5-20,31-32H2,1-4H3. The molecule has 2 aliphatic heterocycles. The lowest BCUT2D eigenvalue weighted by atomic mass is 9.94. The highest BCUT2D eigenvalue weighted by atomic mass is 16.2. The number of hydrogen-bond donors (Lipinski definition) is 0. The van der Waals surface area contributed by atoms with Gasteiger partial charge >= 0.3 is 0 Å². The van der Waals surface area contributed by atoms with Crippen molar-refractivity contribution >= 4 is 34.6 Å². The zero-order valence-electron chi connectivity index (χ0n) is 33.0. The van der Waals surface area contributed by atoms with Crippen LogP contribution < -0.4 is 20.5 Å². The summed E-state index contributed by atoms with van der Waals surface area (Å²) in [6.45, 7) is 9.92. The minimum atomic E-state index is -0.136.